The summed E-state index contributed by atoms with van der Waals surface area (Å²) in [5, 5.41) is 5.87. The van der Waals surface area contributed by atoms with E-state index in [0.29, 0.717) is 22.2 Å². The van der Waals surface area contributed by atoms with Crippen molar-refractivity contribution in [3.63, 3.8) is 0 Å². The van der Waals surface area contributed by atoms with Crippen molar-refractivity contribution in [3.8, 4) is 0 Å². The van der Waals surface area contributed by atoms with E-state index in [2.05, 4.69) is 15.6 Å². The number of fused-ring (bicyclic) bond motifs is 1. The first-order chi connectivity index (χ1) is 12.8. The van der Waals surface area contributed by atoms with Gasteiger partial charge in [-0.05, 0) is 36.2 Å². The van der Waals surface area contributed by atoms with Crippen molar-refractivity contribution in [1.82, 2.24) is 4.98 Å². The van der Waals surface area contributed by atoms with Gasteiger partial charge in [0.2, 0.25) is 5.91 Å². The van der Waals surface area contributed by atoms with Gasteiger partial charge in [-0.25, -0.2) is 4.39 Å². The third-order valence-electron chi connectivity index (χ3n) is 4.11. The van der Waals surface area contributed by atoms with Crippen LogP contribution in [-0.2, 0) is 4.79 Å². The number of para-hydroxylation sites is 1. The fourth-order valence-electron chi connectivity index (χ4n) is 2.77. The van der Waals surface area contributed by atoms with Gasteiger partial charge in [0.15, 0.2) is 0 Å². The average Bonchev–Trinajstić information content (AvgIpc) is 2.63. The molecule has 3 rings (SSSR count). The number of carbonyl (C=O) groups excluding carboxylic acids is 2. The summed E-state index contributed by atoms with van der Waals surface area (Å²) < 4.78 is 14.2. The molecule has 0 aliphatic rings. The van der Waals surface area contributed by atoms with Gasteiger partial charge in [-0.3, -0.25) is 14.6 Å². The van der Waals surface area contributed by atoms with Crippen LogP contribution in [0.1, 0.15) is 42.7 Å². The molecule has 5 nitrogen and oxygen atoms in total. The van der Waals surface area contributed by atoms with Crippen molar-refractivity contribution in [3.05, 3.63) is 65.6 Å². The second kappa shape index (κ2) is 7.53. The van der Waals surface area contributed by atoms with E-state index in [0.717, 1.165) is 5.69 Å². The molecule has 27 heavy (non-hydrogen) atoms. The Morgan fingerprint density at radius 1 is 1.04 bits per heavy atom. The standard InChI is InChI=1S/C21H20FN3O2/c1-12(2)19-11-16(15-6-4-5-7-18(15)24-19)21(27)25-20-10-14(23-13(3)26)8-9-17(20)22/h4-12H,1-3H3,(H,23,26)(H,25,27). The molecule has 0 aliphatic carbocycles. The van der Waals surface area contributed by atoms with Crippen LogP contribution in [0.3, 0.4) is 0 Å². The Labute approximate surface area is 156 Å². The number of benzene rings is 2. The summed E-state index contributed by atoms with van der Waals surface area (Å²) >= 11 is 0. The smallest absolute Gasteiger partial charge is 0.256 e. The lowest BCUT2D eigenvalue weighted by molar-refractivity contribution is -0.114. The van der Waals surface area contributed by atoms with E-state index in [9.17, 15) is 14.0 Å². The van der Waals surface area contributed by atoms with Gasteiger partial charge in [0.05, 0.1) is 16.8 Å². The number of rotatable bonds is 4. The highest BCUT2D eigenvalue weighted by Gasteiger charge is 2.16. The maximum absolute atomic E-state index is 14.2. The molecule has 0 aliphatic heterocycles. The first-order valence-corrected chi connectivity index (χ1v) is 8.63. The maximum Gasteiger partial charge on any atom is 0.256 e. The number of carbonyl (C=O) groups is 2. The Hall–Kier alpha value is -3.28. The molecule has 0 saturated heterocycles. The second-order valence-electron chi connectivity index (χ2n) is 6.60. The Kier molecular flexibility index (Phi) is 5.16. The van der Waals surface area contributed by atoms with Crippen molar-refractivity contribution in [1.29, 1.82) is 0 Å². The lowest BCUT2D eigenvalue weighted by Crippen LogP contribution is -2.15. The molecule has 2 amide bonds. The first kappa shape index (κ1) is 18.5. The summed E-state index contributed by atoms with van der Waals surface area (Å²) in [4.78, 5) is 28.7. The summed E-state index contributed by atoms with van der Waals surface area (Å²) in [6.45, 7) is 5.35. The lowest BCUT2D eigenvalue weighted by atomic mass is 10.0. The minimum atomic E-state index is -0.583. The van der Waals surface area contributed by atoms with Gasteiger partial charge in [0.1, 0.15) is 5.82 Å². The van der Waals surface area contributed by atoms with Gasteiger partial charge in [-0.2, -0.15) is 0 Å². The van der Waals surface area contributed by atoms with Crippen molar-refractivity contribution in [2.24, 2.45) is 0 Å². The molecule has 6 heteroatoms. The van der Waals surface area contributed by atoms with Gasteiger partial charge in [-0.15, -0.1) is 0 Å². The van der Waals surface area contributed by atoms with Crippen LogP contribution >= 0.6 is 0 Å². The number of nitrogens with one attached hydrogen (secondary N) is 2. The summed E-state index contributed by atoms with van der Waals surface area (Å²) in [6, 6.07) is 13.1. The predicted octanol–water partition coefficient (Wildman–Crippen LogP) is 4.71. The number of aromatic nitrogens is 1. The molecular weight excluding hydrogens is 345 g/mol. The van der Waals surface area contributed by atoms with Gasteiger partial charge in [0.25, 0.3) is 5.91 Å². The van der Waals surface area contributed by atoms with E-state index >= 15 is 0 Å². The van der Waals surface area contributed by atoms with Crippen LogP contribution in [0.4, 0.5) is 15.8 Å². The summed E-state index contributed by atoms with van der Waals surface area (Å²) in [7, 11) is 0. The number of halogens is 1. The molecule has 1 heterocycles. The maximum atomic E-state index is 14.2. The Balaban J connectivity index is 2.00. The van der Waals surface area contributed by atoms with Crippen LogP contribution < -0.4 is 10.6 Å². The van der Waals surface area contributed by atoms with E-state index in [4.69, 9.17) is 0 Å². The zero-order valence-electron chi connectivity index (χ0n) is 15.3. The van der Waals surface area contributed by atoms with E-state index < -0.39 is 11.7 Å². The lowest BCUT2D eigenvalue weighted by Gasteiger charge is -2.13. The molecule has 2 N–H and O–H groups in total. The van der Waals surface area contributed by atoms with Crippen LogP contribution in [0, 0.1) is 5.82 Å². The molecule has 0 radical (unpaired) electrons. The highest BCUT2D eigenvalue weighted by atomic mass is 19.1. The highest BCUT2D eigenvalue weighted by Crippen LogP contribution is 2.25. The molecule has 138 valence electrons. The monoisotopic (exact) mass is 365 g/mol. The van der Waals surface area contributed by atoms with Crippen molar-refractivity contribution < 1.29 is 14.0 Å². The van der Waals surface area contributed by atoms with E-state index in [1.165, 1.54) is 25.1 Å². The van der Waals surface area contributed by atoms with Crippen LogP contribution in [0.25, 0.3) is 10.9 Å². The first-order valence-electron chi connectivity index (χ1n) is 8.63. The number of amides is 2. The van der Waals surface area contributed by atoms with Crippen molar-refractivity contribution >= 4 is 34.1 Å². The fraction of sp³-hybridized carbons (Fsp3) is 0.190. The summed E-state index contributed by atoms with van der Waals surface area (Å²) in [5.74, 6) is -1.16. The zero-order valence-corrected chi connectivity index (χ0v) is 15.3. The Morgan fingerprint density at radius 2 is 1.78 bits per heavy atom. The third-order valence-corrected chi connectivity index (χ3v) is 4.11. The van der Waals surface area contributed by atoms with Gasteiger partial charge >= 0.3 is 0 Å². The predicted molar refractivity (Wildman–Crippen MR) is 104 cm³/mol. The van der Waals surface area contributed by atoms with Crippen molar-refractivity contribution in [2.45, 2.75) is 26.7 Å². The highest BCUT2D eigenvalue weighted by molar-refractivity contribution is 6.12. The molecule has 0 fully saturated rings. The molecule has 2 aromatic carbocycles. The number of hydrogen-bond acceptors (Lipinski definition) is 3. The van der Waals surface area contributed by atoms with Gasteiger partial charge in [-0.1, -0.05) is 32.0 Å². The molecule has 3 aromatic rings. The molecular formula is C21H20FN3O2. The quantitative estimate of drug-likeness (QED) is 0.703. The third kappa shape index (κ3) is 4.11. The van der Waals surface area contributed by atoms with Crippen LogP contribution in [0.5, 0.6) is 0 Å². The normalized spacial score (nSPS) is 10.9. The van der Waals surface area contributed by atoms with Gasteiger partial charge in [0, 0.05) is 23.7 Å². The van der Waals surface area contributed by atoms with Crippen LogP contribution in [0.2, 0.25) is 0 Å². The van der Waals surface area contributed by atoms with Crippen LogP contribution in [-0.4, -0.2) is 16.8 Å². The number of nitrogens with zero attached hydrogens (tertiary/aromatic N) is 1. The van der Waals surface area contributed by atoms with Gasteiger partial charge < -0.3 is 10.6 Å². The van der Waals surface area contributed by atoms with Crippen LogP contribution in [0.15, 0.2) is 48.5 Å². The molecule has 0 saturated carbocycles. The van der Waals surface area contributed by atoms with E-state index in [1.54, 1.807) is 6.07 Å². The fourth-order valence-corrected chi connectivity index (χ4v) is 2.77. The summed E-state index contributed by atoms with van der Waals surface area (Å²) in [6.07, 6.45) is 0. The minimum Gasteiger partial charge on any atom is -0.326 e. The largest absolute Gasteiger partial charge is 0.326 e. The Bertz CT molecular complexity index is 1030. The van der Waals surface area contributed by atoms with E-state index in [1.807, 2.05) is 38.1 Å². The van der Waals surface area contributed by atoms with E-state index in [-0.39, 0.29) is 17.5 Å². The molecule has 0 spiro atoms. The van der Waals surface area contributed by atoms with Crippen molar-refractivity contribution in [2.75, 3.05) is 10.6 Å². The number of hydrogen-bond donors (Lipinski definition) is 2. The second-order valence-corrected chi connectivity index (χ2v) is 6.60. The summed E-state index contributed by atoms with van der Waals surface area (Å²) in [5.41, 5.74) is 2.32. The SMILES string of the molecule is CC(=O)Nc1ccc(F)c(NC(=O)c2cc(C(C)C)nc3ccccc23)c1. The molecule has 1 aromatic heterocycles. The Morgan fingerprint density at radius 3 is 2.48 bits per heavy atom. The molecule has 0 unspecified atom stereocenters. The minimum absolute atomic E-state index is 0.00163. The topological polar surface area (TPSA) is 71.1 Å². The molecule has 0 bridgehead atoms. The zero-order chi connectivity index (χ0) is 19.6. The molecule has 0 atom stereocenters. The average molecular weight is 365 g/mol. The number of pyridine rings is 1. The number of anilines is 2.